The van der Waals surface area contributed by atoms with Crippen LogP contribution in [0.4, 0.5) is 5.69 Å². The summed E-state index contributed by atoms with van der Waals surface area (Å²) in [6.45, 7) is 2.22. The summed E-state index contributed by atoms with van der Waals surface area (Å²) in [7, 11) is 1.57. The van der Waals surface area contributed by atoms with Crippen molar-refractivity contribution in [1.82, 2.24) is 5.32 Å². The van der Waals surface area contributed by atoms with Crippen LogP contribution in [-0.2, 0) is 17.6 Å². The minimum Gasteiger partial charge on any atom is -0.495 e. The summed E-state index contributed by atoms with van der Waals surface area (Å²) in [5.74, 6) is 1.23. The Hall–Kier alpha value is -1.75. The lowest BCUT2D eigenvalue weighted by Crippen LogP contribution is -2.15. The van der Waals surface area contributed by atoms with Crippen molar-refractivity contribution < 1.29 is 9.53 Å². The van der Waals surface area contributed by atoms with Gasteiger partial charge in [0.1, 0.15) is 5.75 Å². The van der Waals surface area contributed by atoms with E-state index in [4.69, 9.17) is 16.3 Å². The van der Waals surface area contributed by atoms with Gasteiger partial charge in [-0.1, -0.05) is 35.9 Å². The van der Waals surface area contributed by atoms with Crippen molar-refractivity contribution in [2.45, 2.75) is 19.3 Å². The molecule has 2 aromatic carbocycles. The molecular weight excluding hydrogens is 371 g/mol. The third-order valence-electron chi connectivity index (χ3n) is 4.51. The molecule has 2 aromatic rings. The lowest BCUT2D eigenvalue weighted by Gasteiger charge is -2.11. The van der Waals surface area contributed by atoms with Crippen LogP contribution >= 0.6 is 24.0 Å². The Kier molecular flexibility index (Phi) is 7.76. The summed E-state index contributed by atoms with van der Waals surface area (Å²) < 4.78 is 5.25. The van der Waals surface area contributed by atoms with Gasteiger partial charge in [-0.25, -0.2) is 0 Å². The second-order valence-corrected chi connectivity index (χ2v) is 6.89. The summed E-state index contributed by atoms with van der Waals surface area (Å²) in [5.41, 5.74) is 2.91. The molecule has 1 amide bonds. The van der Waals surface area contributed by atoms with Crippen molar-refractivity contribution in [2.75, 3.05) is 25.5 Å². The van der Waals surface area contributed by atoms with Crippen molar-refractivity contribution in [1.29, 1.82) is 0 Å². The third-order valence-corrected chi connectivity index (χ3v) is 4.75. The highest BCUT2D eigenvalue weighted by Gasteiger charge is 2.15. The lowest BCUT2D eigenvalue weighted by atomic mass is 9.97. The first-order valence-corrected chi connectivity index (χ1v) is 8.94. The molecule has 1 fully saturated rings. The zero-order chi connectivity index (χ0) is 17.6. The van der Waals surface area contributed by atoms with Gasteiger partial charge < -0.3 is 15.4 Å². The second-order valence-electron chi connectivity index (χ2n) is 6.45. The molecule has 6 heteroatoms. The van der Waals surface area contributed by atoms with E-state index in [1.807, 2.05) is 12.1 Å². The van der Waals surface area contributed by atoms with Gasteiger partial charge in [0.25, 0.3) is 0 Å². The summed E-state index contributed by atoms with van der Waals surface area (Å²) in [6.07, 6.45) is 2.66. The topological polar surface area (TPSA) is 50.4 Å². The van der Waals surface area contributed by atoms with Gasteiger partial charge in [-0.05, 0) is 61.2 Å². The number of hydrogen-bond acceptors (Lipinski definition) is 3. The molecule has 2 N–H and O–H groups in total. The molecule has 0 radical (unpaired) electrons. The molecule has 1 atom stereocenters. The minimum absolute atomic E-state index is 0. The molecule has 1 heterocycles. The molecule has 3 rings (SSSR count). The van der Waals surface area contributed by atoms with Gasteiger partial charge in [-0.3, -0.25) is 4.79 Å². The number of benzene rings is 2. The first-order valence-electron chi connectivity index (χ1n) is 8.56. The predicted octanol–water partition coefficient (Wildman–Crippen LogP) is 4.10. The van der Waals surface area contributed by atoms with Crippen LogP contribution in [0.5, 0.6) is 5.75 Å². The lowest BCUT2D eigenvalue weighted by molar-refractivity contribution is -0.115. The van der Waals surface area contributed by atoms with E-state index in [0.717, 1.165) is 31.0 Å². The average Bonchev–Trinajstić information content (AvgIpc) is 3.10. The fourth-order valence-corrected chi connectivity index (χ4v) is 3.34. The zero-order valence-electron chi connectivity index (χ0n) is 14.8. The fourth-order valence-electron chi connectivity index (χ4n) is 3.17. The number of anilines is 1. The van der Waals surface area contributed by atoms with E-state index in [2.05, 4.69) is 22.8 Å². The Balaban J connectivity index is 0.00000243. The summed E-state index contributed by atoms with van der Waals surface area (Å²) in [4.78, 5) is 12.3. The maximum Gasteiger partial charge on any atom is 0.228 e. The predicted molar refractivity (Wildman–Crippen MR) is 109 cm³/mol. The minimum atomic E-state index is -0.0895. The van der Waals surface area contributed by atoms with Crippen LogP contribution in [0.1, 0.15) is 17.5 Å². The number of halogens is 2. The largest absolute Gasteiger partial charge is 0.495 e. The first kappa shape index (κ1) is 20.6. The first-order chi connectivity index (χ1) is 12.1. The molecule has 0 aliphatic carbocycles. The smallest absolute Gasteiger partial charge is 0.228 e. The van der Waals surface area contributed by atoms with E-state index in [1.165, 1.54) is 12.0 Å². The number of hydrogen-bond donors (Lipinski definition) is 2. The number of nitrogens with one attached hydrogen (secondary N) is 2. The van der Waals surface area contributed by atoms with Gasteiger partial charge in [0, 0.05) is 5.02 Å². The quantitative estimate of drug-likeness (QED) is 0.774. The van der Waals surface area contributed by atoms with Crippen LogP contribution in [0.3, 0.4) is 0 Å². The molecule has 0 spiro atoms. The van der Waals surface area contributed by atoms with Gasteiger partial charge in [0.15, 0.2) is 0 Å². The Labute approximate surface area is 165 Å². The van der Waals surface area contributed by atoms with Gasteiger partial charge in [-0.2, -0.15) is 0 Å². The molecule has 1 aliphatic rings. The van der Waals surface area contributed by atoms with E-state index in [9.17, 15) is 4.79 Å². The number of amides is 1. The van der Waals surface area contributed by atoms with Crippen LogP contribution in [0.25, 0.3) is 0 Å². The van der Waals surface area contributed by atoms with E-state index in [0.29, 0.717) is 22.9 Å². The molecule has 0 aromatic heterocycles. The van der Waals surface area contributed by atoms with E-state index in [1.54, 1.807) is 25.3 Å². The maximum absolute atomic E-state index is 12.3. The molecule has 140 valence electrons. The average molecular weight is 395 g/mol. The van der Waals surface area contributed by atoms with Gasteiger partial charge in [0.05, 0.1) is 19.2 Å². The number of carbonyl (C=O) groups excluding carboxylic acids is 1. The highest BCUT2D eigenvalue weighted by molar-refractivity contribution is 6.31. The maximum atomic E-state index is 12.3. The summed E-state index contributed by atoms with van der Waals surface area (Å²) in [6, 6.07) is 13.5. The van der Waals surface area contributed by atoms with Crippen LogP contribution in [0, 0.1) is 5.92 Å². The summed E-state index contributed by atoms with van der Waals surface area (Å²) >= 11 is 5.99. The van der Waals surface area contributed by atoms with E-state index in [-0.39, 0.29) is 18.3 Å². The van der Waals surface area contributed by atoms with Crippen molar-refractivity contribution >= 4 is 35.6 Å². The van der Waals surface area contributed by atoms with Crippen molar-refractivity contribution in [2.24, 2.45) is 5.92 Å². The summed E-state index contributed by atoms with van der Waals surface area (Å²) in [5, 5.41) is 6.82. The number of carbonyl (C=O) groups is 1. The SMILES string of the molecule is COc1ccc(Cl)cc1NC(=O)Cc1ccc(CC2CCNC2)cc1.Cl. The number of rotatable bonds is 6. The second kappa shape index (κ2) is 9.81. The highest BCUT2D eigenvalue weighted by Crippen LogP contribution is 2.27. The molecule has 0 bridgehead atoms. The van der Waals surface area contributed by atoms with Gasteiger partial charge >= 0.3 is 0 Å². The molecule has 4 nitrogen and oxygen atoms in total. The third kappa shape index (κ3) is 5.63. The van der Waals surface area contributed by atoms with Crippen molar-refractivity contribution in [3.05, 3.63) is 58.6 Å². The number of ether oxygens (including phenoxy) is 1. The van der Waals surface area contributed by atoms with E-state index >= 15 is 0 Å². The van der Waals surface area contributed by atoms with E-state index < -0.39 is 0 Å². The molecule has 1 unspecified atom stereocenters. The standard InChI is InChI=1S/C20H23ClN2O2.ClH/c1-25-19-7-6-17(21)12-18(19)23-20(24)11-15-4-2-14(3-5-15)10-16-8-9-22-13-16;/h2-7,12,16,22H,8-11,13H2,1H3,(H,23,24);1H. The van der Waals surface area contributed by atoms with Crippen LogP contribution in [0.15, 0.2) is 42.5 Å². The Bertz CT molecular complexity index is 729. The Morgan fingerprint density at radius 3 is 2.62 bits per heavy atom. The van der Waals surface area contributed by atoms with Crippen LogP contribution in [-0.4, -0.2) is 26.1 Å². The van der Waals surface area contributed by atoms with Crippen LogP contribution in [0.2, 0.25) is 5.02 Å². The zero-order valence-corrected chi connectivity index (χ0v) is 16.3. The molecule has 1 aliphatic heterocycles. The van der Waals surface area contributed by atoms with Gasteiger partial charge in [-0.15, -0.1) is 12.4 Å². The number of methoxy groups -OCH3 is 1. The monoisotopic (exact) mass is 394 g/mol. The molecule has 1 saturated heterocycles. The highest BCUT2D eigenvalue weighted by atomic mass is 35.5. The van der Waals surface area contributed by atoms with Crippen LogP contribution < -0.4 is 15.4 Å². The molecular formula is C20H24Cl2N2O2. The van der Waals surface area contributed by atoms with Crippen molar-refractivity contribution in [3.8, 4) is 5.75 Å². The Morgan fingerprint density at radius 2 is 1.96 bits per heavy atom. The normalized spacial score (nSPS) is 16.0. The Morgan fingerprint density at radius 1 is 1.23 bits per heavy atom. The molecule has 0 saturated carbocycles. The van der Waals surface area contributed by atoms with Gasteiger partial charge in [0.2, 0.25) is 5.91 Å². The molecule has 26 heavy (non-hydrogen) atoms. The van der Waals surface area contributed by atoms with Crippen molar-refractivity contribution in [3.63, 3.8) is 0 Å². The fraction of sp³-hybridized carbons (Fsp3) is 0.350.